The van der Waals surface area contributed by atoms with Crippen LogP contribution in [0.3, 0.4) is 0 Å². The Morgan fingerprint density at radius 1 is 0.476 bits per heavy atom. The van der Waals surface area contributed by atoms with Gasteiger partial charge in [-0.25, -0.2) is 14.4 Å². The molecule has 0 saturated heterocycles. The number of Topliss-reactive ketones (excluding diaryl/α,β-unsaturated/α-hetero) is 2. The molecule has 82 heavy (non-hydrogen) atoms. The van der Waals surface area contributed by atoms with E-state index in [0.717, 1.165) is 64.2 Å². The summed E-state index contributed by atoms with van der Waals surface area (Å²) >= 11 is 0. The molecule has 0 heterocycles. The first-order valence-corrected chi connectivity index (χ1v) is 30.6. The summed E-state index contributed by atoms with van der Waals surface area (Å²) in [5, 5.41) is 20.5. The van der Waals surface area contributed by atoms with Crippen LogP contribution in [0.2, 0.25) is 0 Å². The molecule has 7 amide bonds. The highest BCUT2D eigenvalue weighted by Crippen LogP contribution is 2.30. The van der Waals surface area contributed by atoms with Crippen molar-refractivity contribution in [1.82, 2.24) is 37.2 Å². The molecule has 0 radical (unpaired) electrons. The largest absolute Gasteiger partial charge is 0.454 e. The zero-order valence-electron chi connectivity index (χ0n) is 53.2. The lowest BCUT2D eigenvalue weighted by molar-refractivity contribution is -0.163. The fourth-order valence-corrected chi connectivity index (χ4v) is 9.50. The molecule has 466 valence electrons. The Morgan fingerprint density at radius 2 is 0.988 bits per heavy atom. The predicted octanol–water partition coefficient (Wildman–Crippen LogP) is 10.6. The highest BCUT2D eigenvalue weighted by atomic mass is 16.6. The van der Waals surface area contributed by atoms with Crippen molar-refractivity contribution in [3.8, 4) is 0 Å². The fourth-order valence-electron chi connectivity index (χ4n) is 9.50. The molecule has 1 aliphatic rings. The van der Waals surface area contributed by atoms with Crippen molar-refractivity contribution in [3.63, 3.8) is 0 Å². The van der Waals surface area contributed by atoms with Crippen molar-refractivity contribution >= 4 is 53.3 Å². The summed E-state index contributed by atoms with van der Waals surface area (Å²) in [5.74, 6) is -3.51. The maximum absolute atomic E-state index is 14.0. The molecule has 18 nitrogen and oxygen atoms in total. The number of fused-ring (bicyclic) bond motifs is 1. The molecule has 0 saturated carbocycles. The Hall–Kier alpha value is -5.55. The van der Waals surface area contributed by atoms with Gasteiger partial charge in [-0.2, -0.15) is 0 Å². The number of carbonyl (C=O) groups excluding carboxylic acids is 9. The zero-order valence-corrected chi connectivity index (χ0v) is 53.2. The van der Waals surface area contributed by atoms with Gasteiger partial charge in [0.1, 0.15) is 17.2 Å². The number of nitrogens with one attached hydrogen (secondary N) is 7. The first-order chi connectivity index (χ1) is 38.0. The summed E-state index contributed by atoms with van der Waals surface area (Å²) in [5.41, 5.74) is 1.21. The number of amides is 7. The van der Waals surface area contributed by atoms with Crippen LogP contribution in [0.15, 0.2) is 18.2 Å². The van der Waals surface area contributed by atoms with Gasteiger partial charge in [-0.05, 0) is 171 Å². The van der Waals surface area contributed by atoms with E-state index < -0.39 is 47.0 Å². The Balaban J connectivity index is 1.95. The van der Waals surface area contributed by atoms with Crippen molar-refractivity contribution in [3.05, 3.63) is 34.9 Å². The van der Waals surface area contributed by atoms with E-state index in [0.29, 0.717) is 50.6 Å². The third kappa shape index (κ3) is 32.3. The number of carbonyl (C=O) groups is 9. The lowest BCUT2D eigenvalue weighted by atomic mass is 9.79. The molecule has 7 N–H and O–H groups in total. The van der Waals surface area contributed by atoms with E-state index >= 15 is 0 Å². The van der Waals surface area contributed by atoms with E-state index in [1.165, 1.54) is 11.1 Å². The molecule has 1 aromatic rings. The van der Waals surface area contributed by atoms with E-state index in [4.69, 9.17) is 9.47 Å². The summed E-state index contributed by atoms with van der Waals surface area (Å²) in [7, 11) is 0. The van der Waals surface area contributed by atoms with E-state index in [1.54, 1.807) is 41.5 Å². The molecule has 1 aromatic carbocycles. The number of benzene rings is 1. The van der Waals surface area contributed by atoms with Crippen LogP contribution in [0.5, 0.6) is 0 Å². The van der Waals surface area contributed by atoms with Crippen LogP contribution in [0.25, 0.3) is 0 Å². The highest BCUT2D eigenvalue weighted by molar-refractivity contribution is 6.36. The molecule has 18 heteroatoms. The normalized spacial score (nSPS) is 14.4. The average Bonchev–Trinajstić information content (AvgIpc) is 3.37. The predicted molar refractivity (Wildman–Crippen MR) is 323 cm³/mol. The Labute approximate surface area is 492 Å². The number of hydrogen-bond donors (Lipinski definition) is 7. The number of ether oxygens (including phenoxy) is 2. The van der Waals surface area contributed by atoms with Crippen LogP contribution in [-0.4, -0.2) is 108 Å². The van der Waals surface area contributed by atoms with Crippen LogP contribution in [0, 0.1) is 16.2 Å². The number of ketones is 2. The van der Waals surface area contributed by atoms with Crippen LogP contribution >= 0.6 is 0 Å². The quantitative estimate of drug-likeness (QED) is 0.0148. The number of aryl methyl sites for hydroxylation is 2. The maximum Gasteiger partial charge on any atom is 0.407 e. The minimum Gasteiger partial charge on any atom is -0.454 e. The average molecular weight is 1150 g/mol. The standard InChI is InChI=1S/C64H109N7O11/c1-60(2,3)39-38-51(62(7,8)9)71-58(79)70-50(61(4,5)6)35-37-53(74)65-40-24-18-16-17-19-31-54(75)68-48(30-23-26-42-67-59(80)82-64(13,14)15)56(77)69-47(55(76)57(78)81-63(10,11)12)29-22-25-41-66-52(73)36-34-49(72)46-33-32-44-27-20-21-28-45(44)43-46/h32-33,43,47-48,50-51H,16-31,34-42H2,1-15H3,(H,65,74)(H,66,73)(H,67,80)(H,68,75)(H,69,77)(H2,70,71,79)/t47-,48-,50-,51-/m0/s1. The van der Waals surface area contributed by atoms with E-state index in [-0.39, 0.29) is 109 Å². The van der Waals surface area contributed by atoms with Gasteiger partial charge in [-0.15, -0.1) is 0 Å². The van der Waals surface area contributed by atoms with Crippen molar-refractivity contribution < 1.29 is 52.6 Å². The van der Waals surface area contributed by atoms with Gasteiger partial charge in [0.2, 0.25) is 23.6 Å². The summed E-state index contributed by atoms with van der Waals surface area (Å²) in [4.78, 5) is 118. The monoisotopic (exact) mass is 1150 g/mol. The molecule has 0 aliphatic heterocycles. The number of unbranched alkanes of at least 4 members (excludes halogenated alkanes) is 6. The van der Waals surface area contributed by atoms with Crippen molar-refractivity contribution in [2.45, 2.75) is 280 Å². The number of hydrogen-bond acceptors (Lipinski definition) is 11. The number of alkyl carbamates (subject to hydrolysis) is 1. The molecule has 0 fully saturated rings. The molecule has 4 atom stereocenters. The minimum atomic E-state index is -1.28. The van der Waals surface area contributed by atoms with Gasteiger partial charge >= 0.3 is 18.1 Å². The number of esters is 1. The van der Waals surface area contributed by atoms with Gasteiger partial charge in [-0.3, -0.25) is 28.8 Å². The third-order valence-electron chi connectivity index (χ3n) is 14.4. The van der Waals surface area contributed by atoms with Gasteiger partial charge < -0.3 is 46.7 Å². The van der Waals surface area contributed by atoms with Crippen molar-refractivity contribution in [2.75, 3.05) is 19.6 Å². The van der Waals surface area contributed by atoms with Crippen LogP contribution in [-0.2, 0) is 51.1 Å². The molecule has 0 aromatic heterocycles. The van der Waals surface area contributed by atoms with Crippen LogP contribution < -0.4 is 37.2 Å². The lowest BCUT2D eigenvalue weighted by Gasteiger charge is -2.36. The smallest absolute Gasteiger partial charge is 0.407 e. The molecular formula is C64H109N7O11. The second-order valence-electron chi connectivity index (χ2n) is 27.9. The lowest BCUT2D eigenvalue weighted by Crippen LogP contribution is -2.53. The molecule has 0 bridgehead atoms. The van der Waals surface area contributed by atoms with E-state index in [9.17, 15) is 43.2 Å². The maximum atomic E-state index is 14.0. The van der Waals surface area contributed by atoms with E-state index in [2.05, 4.69) is 99.5 Å². The van der Waals surface area contributed by atoms with Crippen molar-refractivity contribution in [1.29, 1.82) is 0 Å². The summed E-state index contributed by atoms with van der Waals surface area (Å²) in [6, 6.07) is 3.02. The molecule has 0 unspecified atom stereocenters. The van der Waals surface area contributed by atoms with Crippen LogP contribution in [0.4, 0.5) is 9.59 Å². The second kappa shape index (κ2) is 34.9. The van der Waals surface area contributed by atoms with Gasteiger partial charge in [0.15, 0.2) is 5.78 Å². The third-order valence-corrected chi connectivity index (χ3v) is 14.4. The highest BCUT2D eigenvalue weighted by Gasteiger charge is 2.34. The SMILES string of the molecule is CC(C)(C)CC[C@H](NC(=O)N[C@@H](CCC(=O)NCCCCCCCC(=O)N[C@@H](CCCCNC(=O)OC(C)(C)C)C(=O)N[C@@H](CCCCNC(=O)CCC(=O)c1ccc2c(c1)CCCC2)C(=O)C(=O)OC(C)(C)C)C(C)(C)C)C(C)(C)C. The molecule has 0 spiro atoms. The topological polar surface area (TPSA) is 256 Å². The van der Waals surface area contributed by atoms with Gasteiger partial charge in [0.05, 0.1) is 6.04 Å². The zero-order chi connectivity index (χ0) is 61.9. The summed E-state index contributed by atoms with van der Waals surface area (Å²) in [6.45, 7) is 30.4. The first kappa shape index (κ1) is 72.6. The Morgan fingerprint density at radius 3 is 1.56 bits per heavy atom. The summed E-state index contributed by atoms with van der Waals surface area (Å²) in [6.07, 6.45) is 12.0. The summed E-state index contributed by atoms with van der Waals surface area (Å²) < 4.78 is 10.7. The fraction of sp³-hybridized carbons (Fsp3) is 0.766. The van der Waals surface area contributed by atoms with Gasteiger partial charge in [0.25, 0.3) is 5.78 Å². The Bertz CT molecular complexity index is 2230. The van der Waals surface area contributed by atoms with E-state index in [1.807, 2.05) is 18.2 Å². The van der Waals surface area contributed by atoms with Gasteiger partial charge in [0, 0.05) is 63.0 Å². The first-order valence-electron chi connectivity index (χ1n) is 30.6. The van der Waals surface area contributed by atoms with Crippen molar-refractivity contribution in [2.24, 2.45) is 16.2 Å². The molecular weight excluding hydrogens is 1040 g/mol. The second-order valence-corrected chi connectivity index (χ2v) is 27.9. The van der Waals surface area contributed by atoms with Crippen LogP contribution in [0.1, 0.15) is 254 Å². The minimum absolute atomic E-state index is 0.00451. The molecule has 1 aliphatic carbocycles. The molecule has 2 rings (SSSR count). The number of rotatable bonds is 34. The number of urea groups is 1. The van der Waals surface area contributed by atoms with Gasteiger partial charge in [-0.1, -0.05) is 93.7 Å². The Kier molecular flexibility index (Phi) is 30.9.